The minimum absolute atomic E-state index is 0.295. The van der Waals surface area contributed by atoms with Gasteiger partial charge in [-0.25, -0.2) is 0 Å². The van der Waals surface area contributed by atoms with E-state index >= 15 is 0 Å². The first kappa shape index (κ1) is 18.8. The zero-order chi connectivity index (χ0) is 18.7. The molecule has 1 atom stereocenters. The summed E-state index contributed by atoms with van der Waals surface area (Å²) in [5.41, 5.74) is 0.860. The molecule has 0 radical (unpaired) electrons. The average molecular weight is 372 g/mol. The fourth-order valence-corrected chi connectivity index (χ4v) is 4.72. The van der Waals surface area contributed by atoms with E-state index < -0.39 is 0 Å². The normalized spacial score (nSPS) is 24.6. The lowest BCUT2D eigenvalue weighted by atomic mass is 9.93. The van der Waals surface area contributed by atoms with Crippen molar-refractivity contribution in [2.24, 2.45) is 0 Å². The van der Waals surface area contributed by atoms with Crippen molar-refractivity contribution >= 4 is 5.91 Å². The maximum Gasteiger partial charge on any atom is 0.233 e. The Kier molecular flexibility index (Phi) is 5.69. The van der Waals surface area contributed by atoms with Crippen molar-refractivity contribution in [3.05, 3.63) is 29.8 Å². The molecule has 0 spiro atoms. The maximum absolute atomic E-state index is 13.7. The smallest absolute Gasteiger partial charge is 0.233 e. The maximum atomic E-state index is 13.7. The number of ether oxygens (including phenoxy) is 1. The Morgan fingerprint density at radius 3 is 2.56 bits per heavy atom. The Balaban J connectivity index is 1.48. The summed E-state index contributed by atoms with van der Waals surface area (Å²) in [6.45, 7) is 6.21. The number of hydrogen-bond donors (Lipinski definition) is 1. The highest BCUT2D eigenvalue weighted by Crippen LogP contribution is 2.50. The number of carbonyl (C=O) groups is 1. The molecule has 148 valence electrons. The third kappa shape index (κ3) is 3.99. The number of piperidine rings is 1. The summed E-state index contributed by atoms with van der Waals surface area (Å²) in [7, 11) is 1.68. The van der Waals surface area contributed by atoms with Gasteiger partial charge in [0.1, 0.15) is 5.75 Å². The number of hydrogen-bond acceptors (Lipinski definition) is 4. The molecule has 27 heavy (non-hydrogen) atoms. The molecule has 5 heteroatoms. The second-order valence-electron chi connectivity index (χ2n) is 8.36. The molecule has 0 bridgehead atoms. The summed E-state index contributed by atoms with van der Waals surface area (Å²) < 4.78 is 5.29. The molecule has 1 N–H and O–H groups in total. The molecule has 4 rings (SSSR count). The SMILES string of the molecule is COc1ccc(C2(C(=O)N(CCN3CCCCC3)C3CCNC3)CC2)cc1. The van der Waals surface area contributed by atoms with E-state index in [-0.39, 0.29) is 5.41 Å². The zero-order valence-corrected chi connectivity index (χ0v) is 16.6. The van der Waals surface area contributed by atoms with E-state index in [0.29, 0.717) is 11.9 Å². The molecule has 3 aliphatic rings. The van der Waals surface area contributed by atoms with Crippen molar-refractivity contribution in [2.45, 2.75) is 50.0 Å². The Bertz CT molecular complexity index is 629. The molecular weight excluding hydrogens is 338 g/mol. The molecule has 1 unspecified atom stereocenters. The first-order valence-corrected chi connectivity index (χ1v) is 10.6. The number of carbonyl (C=O) groups excluding carboxylic acids is 1. The van der Waals surface area contributed by atoms with E-state index in [4.69, 9.17) is 4.74 Å². The summed E-state index contributed by atoms with van der Waals surface area (Å²) in [4.78, 5) is 18.4. The van der Waals surface area contributed by atoms with Gasteiger partial charge < -0.3 is 19.9 Å². The van der Waals surface area contributed by atoms with Crippen LogP contribution >= 0.6 is 0 Å². The van der Waals surface area contributed by atoms with Crippen LogP contribution in [0.25, 0.3) is 0 Å². The van der Waals surface area contributed by atoms with Crippen LogP contribution in [0.2, 0.25) is 0 Å². The van der Waals surface area contributed by atoms with Crippen LogP contribution in [0.3, 0.4) is 0 Å². The molecule has 1 aliphatic carbocycles. The number of likely N-dealkylation sites (tertiary alicyclic amines) is 1. The number of benzene rings is 1. The molecule has 1 saturated carbocycles. The van der Waals surface area contributed by atoms with Gasteiger partial charge in [-0.1, -0.05) is 18.6 Å². The van der Waals surface area contributed by atoms with Crippen molar-refractivity contribution in [2.75, 3.05) is 46.4 Å². The second-order valence-corrected chi connectivity index (χ2v) is 8.36. The van der Waals surface area contributed by atoms with Gasteiger partial charge in [0.25, 0.3) is 0 Å². The number of nitrogens with zero attached hydrogens (tertiary/aromatic N) is 2. The molecule has 2 aliphatic heterocycles. The van der Waals surface area contributed by atoms with Crippen molar-refractivity contribution in [3.8, 4) is 5.75 Å². The Morgan fingerprint density at radius 2 is 1.96 bits per heavy atom. The van der Waals surface area contributed by atoms with Crippen LogP contribution in [0.5, 0.6) is 5.75 Å². The summed E-state index contributed by atoms with van der Waals surface area (Å²) in [5, 5.41) is 3.45. The predicted molar refractivity (Wildman–Crippen MR) is 107 cm³/mol. The standard InChI is InChI=1S/C22H33N3O2/c1-27-20-7-5-18(6-8-20)22(10-11-22)21(26)25(19-9-12-23-17-19)16-15-24-13-3-2-4-14-24/h5-8,19,23H,2-4,9-17H2,1H3. The molecule has 1 aromatic carbocycles. The van der Waals surface area contributed by atoms with Crippen molar-refractivity contribution in [1.29, 1.82) is 0 Å². The van der Waals surface area contributed by atoms with Gasteiger partial charge >= 0.3 is 0 Å². The molecule has 2 saturated heterocycles. The highest BCUT2D eigenvalue weighted by atomic mass is 16.5. The quantitative estimate of drug-likeness (QED) is 0.799. The molecular formula is C22H33N3O2. The number of amides is 1. The van der Waals surface area contributed by atoms with Gasteiger partial charge in [-0.2, -0.15) is 0 Å². The predicted octanol–water partition coefficient (Wildman–Crippen LogP) is 2.40. The Labute approximate surface area is 163 Å². The lowest BCUT2D eigenvalue weighted by Gasteiger charge is -2.35. The van der Waals surface area contributed by atoms with Crippen LogP contribution in [0.1, 0.15) is 44.1 Å². The summed E-state index contributed by atoms with van der Waals surface area (Å²) in [5.74, 6) is 1.20. The minimum Gasteiger partial charge on any atom is -0.497 e. The second kappa shape index (κ2) is 8.19. The van der Waals surface area contributed by atoms with E-state index in [2.05, 4.69) is 27.2 Å². The van der Waals surface area contributed by atoms with Crippen LogP contribution < -0.4 is 10.1 Å². The highest BCUT2D eigenvalue weighted by Gasteiger charge is 2.53. The van der Waals surface area contributed by atoms with Crippen LogP contribution in [-0.2, 0) is 10.2 Å². The third-order valence-corrected chi connectivity index (χ3v) is 6.64. The molecule has 5 nitrogen and oxygen atoms in total. The largest absolute Gasteiger partial charge is 0.497 e. The fourth-order valence-electron chi connectivity index (χ4n) is 4.72. The van der Waals surface area contributed by atoms with E-state index in [1.165, 1.54) is 32.4 Å². The Morgan fingerprint density at radius 1 is 1.22 bits per heavy atom. The minimum atomic E-state index is -0.295. The lowest BCUT2D eigenvalue weighted by Crippen LogP contribution is -2.50. The topological polar surface area (TPSA) is 44.8 Å². The molecule has 3 fully saturated rings. The van der Waals surface area contributed by atoms with Gasteiger partial charge in [0.2, 0.25) is 5.91 Å². The van der Waals surface area contributed by atoms with Gasteiger partial charge in [0, 0.05) is 25.7 Å². The van der Waals surface area contributed by atoms with Crippen molar-refractivity contribution < 1.29 is 9.53 Å². The van der Waals surface area contributed by atoms with E-state index in [1.54, 1.807) is 7.11 Å². The molecule has 1 amide bonds. The van der Waals surface area contributed by atoms with Gasteiger partial charge in [-0.3, -0.25) is 4.79 Å². The van der Waals surface area contributed by atoms with E-state index in [9.17, 15) is 4.79 Å². The number of nitrogens with one attached hydrogen (secondary N) is 1. The van der Waals surface area contributed by atoms with Gasteiger partial charge in [0.15, 0.2) is 0 Å². The zero-order valence-electron chi connectivity index (χ0n) is 16.6. The van der Waals surface area contributed by atoms with Gasteiger partial charge in [0.05, 0.1) is 12.5 Å². The first-order chi connectivity index (χ1) is 13.2. The Hall–Kier alpha value is -1.59. The molecule has 2 heterocycles. The van der Waals surface area contributed by atoms with E-state index in [0.717, 1.165) is 56.8 Å². The highest BCUT2D eigenvalue weighted by molar-refractivity contribution is 5.91. The summed E-state index contributed by atoms with van der Waals surface area (Å²) >= 11 is 0. The van der Waals surface area contributed by atoms with Gasteiger partial charge in [-0.05, 0) is 69.4 Å². The summed E-state index contributed by atoms with van der Waals surface area (Å²) in [6, 6.07) is 8.48. The molecule has 0 aromatic heterocycles. The summed E-state index contributed by atoms with van der Waals surface area (Å²) in [6.07, 6.45) is 6.97. The van der Waals surface area contributed by atoms with Crippen LogP contribution in [0, 0.1) is 0 Å². The van der Waals surface area contributed by atoms with Crippen LogP contribution in [-0.4, -0.2) is 68.1 Å². The lowest BCUT2D eigenvalue weighted by molar-refractivity contribution is -0.136. The monoisotopic (exact) mass is 371 g/mol. The van der Waals surface area contributed by atoms with Crippen molar-refractivity contribution in [3.63, 3.8) is 0 Å². The fraction of sp³-hybridized carbons (Fsp3) is 0.682. The number of rotatable bonds is 7. The molecule has 1 aromatic rings. The van der Waals surface area contributed by atoms with Gasteiger partial charge in [-0.15, -0.1) is 0 Å². The van der Waals surface area contributed by atoms with E-state index in [1.807, 2.05) is 12.1 Å². The first-order valence-electron chi connectivity index (χ1n) is 10.6. The van der Waals surface area contributed by atoms with Crippen LogP contribution in [0.15, 0.2) is 24.3 Å². The number of methoxy groups -OCH3 is 1. The van der Waals surface area contributed by atoms with Crippen LogP contribution in [0.4, 0.5) is 0 Å². The average Bonchev–Trinajstić information content (AvgIpc) is 3.37. The third-order valence-electron chi connectivity index (χ3n) is 6.64. The van der Waals surface area contributed by atoms with Crippen molar-refractivity contribution in [1.82, 2.24) is 15.1 Å².